The molecule has 0 aromatic carbocycles. The largest absolute Gasteiger partial charge is 0.327 e. The molecule has 0 spiro atoms. The number of hydrogen-bond acceptors (Lipinski definition) is 3. The van der Waals surface area contributed by atoms with Crippen LogP contribution >= 0.6 is 11.3 Å². The van der Waals surface area contributed by atoms with E-state index in [-0.39, 0.29) is 6.04 Å². The Labute approximate surface area is 90.6 Å². The molecular formula is C11H20N2S. The lowest BCUT2D eigenvalue weighted by molar-refractivity contribution is 0.492. The molecule has 3 heteroatoms. The van der Waals surface area contributed by atoms with Crippen molar-refractivity contribution < 1.29 is 0 Å². The lowest BCUT2D eigenvalue weighted by Crippen LogP contribution is -2.24. The molecule has 0 radical (unpaired) electrons. The normalized spacial score (nSPS) is 13.5. The van der Waals surface area contributed by atoms with Crippen LogP contribution < -0.4 is 5.73 Å². The molecule has 0 fully saturated rings. The fraction of sp³-hybridized carbons (Fsp3) is 0.727. The highest BCUT2D eigenvalue weighted by molar-refractivity contribution is 7.09. The van der Waals surface area contributed by atoms with Gasteiger partial charge >= 0.3 is 0 Å². The minimum Gasteiger partial charge on any atom is -0.327 e. The summed E-state index contributed by atoms with van der Waals surface area (Å²) in [5.41, 5.74) is 7.22. The Bertz CT molecular complexity index is 268. The van der Waals surface area contributed by atoms with Gasteiger partial charge in [-0.05, 0) is 18.8 Å². The third-order valence-corrected chi connectivity index (χ3v) is 3.09. The second kappa shape index (κ2) is 5.47. The van der Waals surface area contributed by atoms with E-state index in [1.54, 1.807) is 11.3 Å². The molecule has 1 unspecified atom stereocenters. The van der Waals surface area contributed by atoms with Crippen molar-refractivity contribution in [2.45, 2.75) is 46.1 Å². The Morgan fingerprint density at radius 2 is 2.21 bits per heavy atom. The molecule has 2 N–H and O–H groups in total. The molecule has 14 heavy (non-hydrogen) atoms. The molecule has 0 saturated heterocycles. The first-order valence-electron chi connectivity index (χ1n) is 5.30. The summed E-state index contributed by atoms with van der Waals surface area (Å²) in [6, 6.07) is 0.269. The van der Waals surface area contributed by atoms with Gasteiger partial charge in [-0.1, -0.05) is 20.8 Å². The lowest BCUT2D eigenvalue weighted by Gasteiger charge is -2.11. The van der Waals surface area contributed by atoms with Crippen LogP contribution in [0.5, 0.6) is 0 Å². The third-order valence-electron chi connectivity index (χ3n) is 2.17. The first kappa shape index (κ1) is 11.7. The number of hydrogen-bond donors (Lipinski definition) is 1. The summed E-state index contributed by atoms with van der Waals surface area (Å²) < 4.78 is 0. The fourth-order valence-corrected chi connectivity index (χ4v) is 2.49. The van der Waals surface area contributed by atoms with Crippen molar-refractivity contribution in [2.24, 2.45) is 11.7 Å². The van der Waals surface area contributed by atoms with Crippen LogP contribution in [0.1, 0.15) is 37.9 Å². The van der Waals surface area contributed by atoms with E-state index in [1.807, 2.05) is 0 Å². The van der Waals surface area contributed by atoms with E-state index in [0.29, 0.717) is 5.92 Å². The van der Waals surface area contributed by atoms with E-state index in [1.165, 1.54) is 10.7 Å². The van der Waals surface area contributed by atoms with Crippen LogP contribution in [-0.2, 0) is 12.8 Å². The van der Waals surface area contributed by atoms with Crippen LogP contribution in [0.4, 0.5) is 0 Å². The van der Waals surface area contributed by atoms with Crippen LogP contribution in [-0.4, -0.2) is 11.0 Å². The molecule has 1 aromatic rings. The Hall–Kier alpha value is -0.410. The van der Waals surface area contributed by atoms with E-state index in [2.05, 4.69) is 31.1 Å². The molecule has 0 aliphatic rings. The summed E-state index contributed by atoms with van der Waals surface area (Å²) in [7, 11) is 0. The smallest absolute Gasteiger partial charge is 0.0943 e. The maximum atomic E-state index is 6.02. The molecule has 2 nitrogen and oxygen atoms in total. The van der Waals surface area contributed by atoms with E-state index >= 15 is 0 Å². The van der Waals surface area contributed by atoms with Gasteiger partial charge in [0, 0.05) is 17.8 Å². The topological polar surface area (TPSA) is 38.9 Å². The van der Waals surface area contributed by atoms with Crippen LogP contribution in [0, 0.1) is 5.92 Å². The minimum absolute atomic E-state index is 0.269. The van der Waals surface area contributed by atoms with Crippen LogP contribution in [0.2, 0.25) is 0 Å². The predicted molar refractivity (Wildman–Crippen MR) is 62.6 cm³/mol. The molecule has 80 valence electrons. The Kier molecular flexibility index (Phi) is 4.55. The monoisotopic (exact) mass is 212 g/mol. The van der Waals surface area contributed by atoms with Gasteiger partial charge in [0.2, 0.25) is 0 Å². The number of nitrogens with two attached hydrogens (primary N) is 1. The van der Waals surface area contributed by atoms with Gasteiger partial charge in [-0.15, -0.1) is 11.3 Å². The van der Waals surface area contributed by atoms with Gasteiger partial charge < -0.3 is 5.73 Å². The van der Waals surface area contributed by atoms with Crippen molar-refractivity contribution in [1.29, 1.82) is 0 Å². The summed E-state index contributed by atoms with van der Waals surface area (Å²) in [5, 5.41) is 3.33. The average molecular weight is 212 g/mol. The zero-order valence-corrected chi connectivity index (χ0v) is 10.1. The van der Waals surface area contributed by atoms with Gasteiger partial charge in [0.1, 0.15) is 0 Å². The summed E-state index contributed by atoms with van der Waals surface area (Å²) >= 11 is 1.74. The Balaban J connectivity index is 2.43. The van der Waals surface area contributed by atoms with Crippen molar-refractivity contribution in [3.8, 4) is 0 Å². The highest BCUT2D eigenvalue weighted by Crippen LogP contribution is 2.14. The number of thiazole rings is 1. The van der Waals surface area contributed by atoms with E-state index in [0.717, 1.165) is 19.3 Å². The quantitative estimate of drug-likeness (QED) is 0.815. The van der Waals surface area contributed by atoms with Crippen molar-refractivity contribution in [3.63, 3.8) is 0 Å². The van der Waals surface area contributed by atoms with Crippen LogP contribution in [0.25, 0.3) is 0 Å². The second-order valence-corrected chi connectivity index (χ2v) is 5.12. The molecular weight excluding hydrogens is 192 g/mol. The maximum Gasteiger partial charge on any atom is 0.0943 e. The van der Waals surface area contributed by atoms with Crippen molar-refractivity contribution in [2.75, 3.05) is 0 Å². The van der Waals surface area contributed by atoms with Crippen molar-refractivity contribution in [1.82, 2.24) is 4.98 Å². The van der Waals surface area contributed by atoms with E-state index in [9.17, 15) is 0 Å². The van der Waals surface area contributed by atoms with Gasteiger partial charge in [0.25, 0.3) is 0 Å². The average Bonchev–Trinajstić information content (AvgIpc) is 2.50. The first-order valence-corrected chi connectivity index (χ1v) is 6.18. The number of aryl methyl sites for hydroxylation is 1. The third kappa shape index (κ3) is 3.76. The number of nitrogens with zero attached hydrogens (tertiary/aromatic N) is 1. The maximum absolute atomic E-state index is 6.02. The van der Waals surface area contributed by atoms with Gasteiger partial charge in [0.15, 0.2) is 0 Å². The van der Waals surface area contributed by atoms with Gasteiger partial charge in [-0.2, -0.15) is 0 Å². The molecule has 0 amide bonds. The highest BCUT2D eigenvalue weighted by Gasteiger charge is 2.09. The molecule has 0 aliphatic heterocycles. The summed E-state index contributed by atoms with van der Waals surface area (Å²) in [6.45, 7) is 6.55. The predicted octanol–water partition coefficient (Wildman–Crippen LogP) is 2.62. The Morgan fingerprint density at radius 1 is 1.50 bits per heavy atom. The second-order valence-electron chi connectivity index (χ2n) is 4.18. The molecule has 0 aliphatic carbocycles. The minimum atomic E-state index is 0.269. The Morgan fingerprint density at radius 3 is 2.71 bits per heavy atom. The van der Waals surface area contributed by atoms with E-state index < -0.39 is 0 Å². The molecule has 1 aromatic heterocycles. The number of rotatable bonds is 5. The number of aromatic nitrogens is 1. The van der Waals surface area contributed by atoms with Gasteiger partial charge in [0.05, 0.1) is 10.7 Å². The van der Waals surface area contributed by atoms with Crippen molar-refractivity contribution >= 4 is 11.3 Å². The first-order chi connectivity index (χ1) is 6.61. The summed E-state index contributed by atoms with van der Waals surface area (Å²) in [5.74, 6) is 0.676. The molecule has 0 bridgehead atoms. The lowest BCUT2D eigenvalue weighted by atomic mass is 10.0. The van der Waals surface area contributed by atoms with Crippen LogP contribution in [0.15, 0.2) is 5.38 Å². The van der Waals surface area contributed by atoms with E-state index in [4.69, 9.17) is 5.73 Å². The molecule has 1 rings (SSSR count). The van der Waals surface area contributed by atoms with Crippen LogP contribution in [0.3, 0.4) is 0 Å². The SMILES string of the molecule is CCc1csc(CC(N)CC(C)C)n1. The van der Waals surface area contributed by atoms with Crippen molar-refractivity contribution in [3.05, 3.63) is 16.1 Å². The zero-order valence-electron chi connectivity index (χ0n) is 9.29. The summed E-state index contributed by atoms with van der Waals surface area (Å²) in [4.78, 5) is 4.51. The summed E-state index contributed by atoms with van der Waals surface area (Å²) in [6.07, 6.45) is 3.04. The van der Waals surface area contributed by atoms with Gasteiger partial charge in [-0.3, -0.25) is 0 Å². The molecule has 0 saturated carbocycles. The molecule has 1 heterocycles. The fourth-order valence-electron chi connectivity index (χ4n) is 1.52. The van der Waals surface area contributed by atoms with Gasteiger partial charge in [-0.25, -0.2) is 4.98 Å². The zero-order chi connectivity index (χ0) is 10.6. The highest BCUT2D eigenvalue weighted by atomic mass is 32.1. The standard InChI is InChI=1S/C11H20N2S/c1-4-10-7-14-11(13-10)6-9(12)5-8(2)3/h7-9H,4-6,12H2,1-3H3. The molecule has 1 atom stereocenters.